The van der Waals surface area contributed by atoms with Crippen LogP contribution >= 0.6 is 0 Å². The molecular weight excluding hydrogens is 268 g/mol. The summed E-state index contributed by atoms with van der Waals surface area (Å²) in [6.45, 7) is 3.82. The number of benzene rings is 1. The highest BCUT2D eigenvalue weighted by Gasteiger charge is 2.18. The Hall–Kier alpha value is -2.82. The molecule has 0 aliphatic rings. The molecule has 0 saturated carbocycles. The molecule has 0 atom stereocenters. The van der Waals surface area contributed by atoms with Gasteiger partial charge in [0.05, 0.1) is 5.69 Å². The van der Waals surface area contributed by atoms with E-state index in [1.165, 1.54) is 6.07 Å². The molecule has 0 saturated heterocycles. The van der Waals surface area contributed by atoms with Gasteiger partial charge in [-0.3, -0.25) is 0 Å². The quantitative estimate of drug-likeness (QED) is 0.799. The van der Waals surface area contributed by atoms with Crippen LogP contribution in [0.4, 0.5) is 0 Å². The normalized spacial score (nSPS) is 10.8. The number of aryl methyl sites for hydroxylation is 2. The lowest BCUT2D eigenvalue weighted by molar-refractivity contribution is 0.0690. The predicted molar refractivity (Wildman–Crippen MR) is 77.7 cm³/mol. The number of furan rings is 1. The van der Waals surface area contributed by atoms with Crippen molar-refractivity contribution < 1.29 is 14.3 Å². The third-order valence-electron chi connectivity index (χ3n) is 3.17. The van der Waals surface area contributed by atoms with Gasteiger partial charge in [-0.2, -0.15) is 5.10 Å². The van der Waals surface area contributed by atoms with Crippen molar-refractivity contribution in [1.29, 1.82) is 0 Å². The summed E-state index contributed by atoms with van der Waals surface area (Å²) in [6.07, 6.45) is 0. The molecule has 0 amide bonds. The van der Waals surface area contributed by atoms with Gasteiger partial charge in [0.25, 0.3) is 0 Å². The van der Waals surface area contributed by atoms with E-state index in [0.717, 1.165) is 17.0 Å². The summed E-state index contributed by atoms with van der Waals surface area (Å²) in [5.74, 6) is 0.291. The molecule has 0 fully saturated rings. The van der Waals surface area contributed by atoms with Crippen LogP contribution in [0.5, 0.6) is 0 Å². The maximum Gasteiger partial charge on any atom is 0.356 e. The van der Waals surface area contributed by atoms with Gasteiger partial charge in [0.1, 0.15) is 11.5 Å². The number of carbonyl (C=O) groups is 1. The van der Waals surface area contributed by atoms with Gasteiger partial charge in [0.15, 0.2) is 11.5 Å². The lowest BCUT2D eigenvalue weighted by Gasteiger charge is -2.06. The third-order valence-corrected chi connectivity index (χ3v) is 3.17. The van der Waals surface area contributed by atoms with E-state index in [9.17, 15) is 4.79 Å². The zero-order valence-corrected chi connectivity index (χ0v) is 11.7. The molecule has 0 aliphatic heterocycles. The van der Waals surface area contributed by atoms with E-state index in [2.05, 4.69) is 5.10 Å². The fourth-order valence-electron chi connectivity index (χ4n) is 2.19. The van der Waals surface area contributed by atoms with Crippen molar-refractivity contribution in [3.8, 4) is 17.1 Å². The molecule has 0 unspecified atom stereocenters. The summed E-state index contributed by atoms with van der Waals surface area (Å²) in [5, 5.41) is 13.3. The van der Waals surface area contributed by atoms with E-state index in [4.69, 9.17) is 9.52 Å². The number of carboxylic acids is 1. The lowest BCUT2D eigenvalue weighted by Crippen LogP contribution is -2.02. The van der Waals surface area contributed by atoms with E-state index in [0.29, 0.717) is 11.5 Å². The largest absolute Gasteiger partial charge is 0.476 e. The number of hydrogen-bond donors (Lipinski definition) is 1. The number of hydrogen-bond acceptors (Lipinski definition) is 3. The second kappa shape index (κ2) is 4.94. The molecule has 2 heterocycles. The SMILES string of the molecule is Cc1cccc(-n2nc(C(=O)O)cc2-c2ccc(C)o2)c1. The molecule has 0 bridgehead atoms. The van der Waals surface area contributed by atoms with Crippen LogP contribution in [0.25, 0.3) is 17.1 Å². The van der Waals surface area contributed by atoms with Crippen LogP contribution in [0.1, 0.15) is 21.8 Å². The van der Waals surface area contributed by atoms with Crippen molar-refractivity contribution in [2.45, 2.75) is 13.8 Å². The highest BCUT2D eigenvalue weighted by Crippen LogP contribution is 2.26. The highest BCUT2D eigenvalue weighted by atomic mass is 16.4. The van der Waals surface area contributed by atoms with Crippen LogP contribution in [0, 0.1) is 13.8 Å². The van der Waals surface area contributed by atoms with Crippen LogP contribution < -0.4 is 0 Å². The second-order valence-electron chi connectivity index (χ2n) is 4.88. The zero-order chi connectivity index (χ0) is 15.0. The zero-order valence-electron chi connectivity index (χ0n) is 11.7. The molecule has 2 aromatic heterocycles. The molecule has 106 valence electrons. The van der Waals surface area contributed by atoms with Crippen LogP contribution in [0.3, 0.4) is 0 Å². The Labute approximate surface area is 121 Å². The van der Waals surface area contributed by atoms with E-state index in [1.807, 2.05) is 50.2 Å². The number of aromatic carboxylic acids is 1. The van der Waals surface area contributed by atoms with Crippen LogP contribution in [-0.4, -0.2) is 20.9 Å². The van der Waals surface area contributed by atoms with Gasteiger partial charge < -0.3 is 9.52 Å². The monoisotopic (exact) mass is 282 g/mol. The standard InChI is InChI=1S/C16H14N2O3/c1-10-4-3-5-12(8-10)18-14(9-13(17-18)16(19)20)15-7-6-11(2)21-15/h3-9H,1-2H3,(H,19,20). The number of rotatable bonds is 3. The Balaban J connectivity index is 2.21. The maximum absolute atomic E-state index is 11.2. The molecule has 5 nitrogen and oxygen atoms in total. The van der Waals surface area contributed by atoms with Gasteiger partial charge in [0.2, 0.25) is 0 Å². The number of carboxylic acid groups (broad SMARTS) is 1. The molecule has 0 aliphatic carbocycles. The molecule has 1 aromatic carbocycles. The van der Waals surface area contributed by atoms with E-state index in [-0.39, 0.29) is 5.69 Å². The lowest BCUT2D eigenvalue weighted by atomic mass is 10.2. The Kier molecular flexibility index (Phi) is 3.10. The van der Waals surface area contributed by atoms with Crippen molar-refractivity contribution in [3.05, 3.63) is 59.5 Å². The fraction of sp³-hybridized carbons (Fsp3) is 0.125. The predicted octanol–water partition coefficient (Wildman–Crippen LogP) is 3.45. The Bertz CT molecular complexity index is 815. The van der Waals surface area contributed by atoms with E-state index in [1.54, 1.807) is 4.68 Å². The van der Waals surface area contributed by atoms with Gasteiger partial charge in [-0.1, -0.05) is 12.1 Å². The molecule has 21 heavy (non-hydrogen) atoms. The first kappa shape index (κ1) is 13.2. The van der Waals surface area contributed by atoms with Gasteiger partial charge in [-0.25, -0.2) is 9.48 Å². The van der Waals surface area contributed by atoms with Gasteiger partial charge in [-0.15, -0.1) is 0 Å². The smallest absolute Gasteiger partial charge is 0.356 e. The molecule has 3 rings (SSSR count). The topological polar surface area (TPSA) is 68.3 Å². The molecule has 3 aromatic rings. The Morgan fingerprint density at radius 1 is 1.19 bits per heavy atom. The van der Waals surface area contributed by atoms with Crippen molar-refractivity contribution in [3.63, 3.8) is 0 Å². The first-order valence-corrected chi connectivity index (χ1v) is 6.52. The van der Waals surface area contributed by atoms with Crippen molar-refractivity contribution in [2.75, 3.05) is 0 Å². The van der Waals surface area contributed by atoms with Crippen LogP contribution in [0.15, 0.2) is 46.9 Å². The second-order valence-corrected chi connectivity index (χ2v) is 4.88. The Morgan fingerprint density at radius 3 is 2.62 bits per heavy atom. The summed E-state index contributed by atoms with van der Waals surface area (Å²) in [5.41, 5.74) is 2.47. The first-order chi connectivity index (χ1) is 10.0. The Morgan fingerprint density at radius 2 is 2.00 bits per heavy atom. The molecule has 0 spiro atoms. The van der Waals surface area contributed by atoms with Crippen molar-refractivity contribution in [1.82, 2.24) is 9.78 Å². The van der Waals surface area contributed by atoms with Gasteiger partial charge in [-0.05, 0) is 43.7 Å². The summed E-state index contributed by atoms with van der Waals surface area (Å²) >= 11 is 0. The van der Waals surface area contributed by atoms with Crippen molar-refractivity contribution in [2.24, 2.45) is 0 Å². The fourth-order valence-corrected chi connectivity index (χ4v) is 2.19. The van der Waals surface area contributed by atoms with Gasteiger partial charge >= 0.3 is 5.97 Å². The summed E-state index contributed by atoms with van der Waals surface area (Å²) in [4.78, 5) is 11.2. The van der Waals surface area contributed by atoms with Crippen LogP contribution in [0.2, 0.25) is 0 Å². The molecular formula is C16H14N2O3. The highest BCUT2D eigenvalue weighted by molar-refractivity contribution is 5.87. The summed E-state index contributed by atoms with van der Waals surface area (Å²) < 4.78 is 7.19. The number of nitrogens with zero attached hydrogens (tertiary/aromatic N) is 2. The third kappa shape index (κ3) is 2.45. The summed E-state index contributed by atoms with van der Waals surface area (Å²) in [6, 6.07) is 12.9. The minimum absolute atomic E-state index is 0.0134. The van der Waals surface area contributed by atoms with E-state index >= 15 is 0 Å². The molecule has 5 heteroatoms. The summed E-state index contributed by atoms with van der Waals surface area (Å²) in [7, 11) is 0. The molecule has 0 radical (unpaired) electrons. The number of aromatic nitrogens is 2. The minimum atomic E-state index is -1.06. The maximum atomic E-state index is 11.2. The first-order valence-electron chi connectivity index (χ1n) is 6.52. The molecule has 1 N–H and O–H groups in total. The van der Waals surface area contributed by atoms with Crippen LogP contribution in [-0.2, 0) is 0 Å². The average Bonchev–Trinajstić information content (AvgIpc) is 3.04. The minimum Gasteiger partial charge on any atom is -0.476 e. The van der Waals surface area contributed by atoms with Gasteiger partial charge in [0, 0.05) is 6.07 Å². The average molecular weight is 282 g/mol. The van der Waals surface area contributed by atoms with E-state index < -0.39 is 5.97 Å². The van der Waals surface area contributed by atoms with Crippen molar-refractivity contribution >= 4 is 5.97 Å².